The molecule has 1 aliphatic carbocycles. The lowest BCUT2D eigenvalue weighted by molar-refractivity contribution is 0.0941. The molecule has 0 spiro atoms. The number of pyridine rings is 1. The third-order valence-corrected chi connectivity index (χ3v) is 5.96. The van der Waals surface area contributed by atoms with Crippen molar-refractivity contribution >= 4 is 16.9 Å². The Labute approximate surface area is 182 Å². The number of benzene rings is 2. The van der Waals surface area contributed by atoms with Gasteiger partial charge in [-0.3, -0.25) is 4.79 Å². The molecule has 0 bridgehead atoms. The lowest BCUT2D eigenvalue weighted by Gasteiger charge is -2.15. The molecule has 0 radical (unpaired) electrons. The van der Waals surface area contributed by atoms with Crippen molar-refractivity contribution in [1.82, 2.24) is 20.1 Å². The maximum Gasteiger partial charge on any atom is 0.252 e. The zero-order valence-electron chi connectivity index (χ0n) is 17.9. The fraction of sp³-hybridized carbons (Fsp3) is 0.269. The molecule has 5 rings (SSSR count). The third-order valence-electron chi connectivity index (χ3n) is 5.96. The lowest BCUT2D eigenvalue weighted by Crippen LogP contribution is -2.27. The number of fused-ring (bicyclic) bond motifs is 1. The van der Waals surface area contributed by atoms with Crippen LogP contribution < -0.4 is 5.32 Å². The Balaban J connectivity index is 1.55. The minimum atomic E-state index is -0.0824. The molecule has 0 saturated heterocycles. The summed E-state index contributed by atoms with van der Waals surface area (Å²) in [5.74, 6) is 0.371. The Morgan fingerprint density at radius 1 is 1.10 bits per heavy atom. The summed E-state index contributed by atoms with van der Waals surface area (Å²) in [4.78, 5) is 18.3. The molecule has 1 saturated carbocycles. The van der Waals surface area contributed by atoms with Crippen molar-refractivity contribution in [1.29, 1.82) is 0 Å². The second-order valence-electron chi connectivity index (χ2n) is 8.40. The summed E-state index contributed by atoms with van der Waals surface area (Å²) in [6, 6.07) is 22.2. The molecule has 1 unspecified atom stereocenters. The summed E-state index contributed by atoms with van der Waals surface area (Å²) in [7, 11) is 0. The average molecular weight is 411 g/mol. The number of hydrogen-bond acceptors (Lipinski definition) is 3. The summed E-state index contributed by atoms with van der Waals surface area (Å²) in [6.07, 6.45) is 2.26. The van der Waals surface area contributed by atoms with Crippen LogP contribution in [0.3, 0.4) is 0 Å². The van der Waals surface area contributed by atoms with E-state index in [2.05, 4.69) is 17.4 Å². The van der Waals surface area contributed by atoms with Crippen molar-refractivity contribution in [2.45, 2.75) is 45.2 Å². The topological polar surface area (TPSA) is 59.8 Å². The number of carbonyl (C=O) groups is 1. The molecule has 156 valence electrons. The molecule has 1 N–H and O–H groups in total. The van der Waals surface area contributed by atoms with Crippen LogP contribution in [0.2, 0.25) is 0 Å². The van der Waals surface area contributed by atoms with Crippen LogP contribution in [0.4, 0.5) is 0 Å². The van der Waals surface area contributed by atoms with Gasteiger partial charge >= 0.3 is 0 Å². The molecular formula is C26H26N4O. The standard InChI is InChI=1S/C26H26N4O/c1-17(20-11-7-4-8-12-20)27-26(31)22-15-23(21-13-14-21)28-25-24(22)18(2)29-30(25)16-19-9-5-3-6-10-19/h3-12,15,17,21H,13-14,16H2,1-2H3,(H,27,31). The summed E-state index contributed by atoms with van der Waals surface area (Å²) in [5, 5.41) is 8.78. The quantitative estimate of drug-likeness (QED) is 0.478. The average Bonchev–Trinajstić information content (AvgIpc) is 3.60. The summed E-state index contributed by atoms with van der Waals surface area (Å²) in [5.41, 5.74) is 5.54. The van der Waals surface area contributed by atoms with Crippen LogP contribution in [0, 0.1) is 6.92 Å². The number of rotatable bonds is 6. The van der Waals surface area contributed by atoms with Gasteiger partial charge in [-0.25, -0.2) is 9.67 Å². The number of amides is 1. The molecule has 5 nitrogen and oxygen atoms in total. The van der Waals surface area contributed by atoms with Crippen LogP contribution in [0.5, 0.6) is 0 Å². The molecule has 5 heteroatoms. The van der Waals surface area contributed by atoms with Crippen molar-refractivity contribution in [2.24, 2.45) is 0 Å². The van der Waals surface area contributed by atoms with Gasteiger partial charge in [0.25, 0.3) is 5.91 Å². The molecule has 1 aliphatic rings. The first-order chi connectivity index (χ1) is 15.1. The largest absolute Gasteiger partial charge is 0.345 e. The van der Waals surface area contributed by atoms with Gasteiger partial charge in [-0.15, -0.1) is 0 Å². The van der Waals surface area contributed by atoms with Crippen LogP contribution in [-0.2, 0) is 6.54 Å². The van der Waals surface area contributed by atoms with Gasteiger partial charge in [0.1, 0.15) is 0 Å². The molecule has 0 aliphatic heterocycles. The predicted molar refractivity (Wildman–Crippen MR) is 122 cm³/mol. The highest BCUT2D eigenvalue weighted by Gasteiger charge is 2.29. The molecule has 31 heavy (non-hydrogen) atoms. The Morgan fingerprint density at radius 3 is 2.45 bits per heavy atom. The van der Waals surface area contributed by atoms with Crippen molar-refractivity contribution in [2.75, 3.05) is 0 Å². The van der Waals surface area contributed by atoms with Gasteiger partial charge in [0.15, 0.2) is 5.65 Å². The Kier molecular flexibility index (Phi) is 5.02. The molecule has 2 aromatic heterocycles. The van der Waals surface area contributed by atoms with Crippen LogP contribution in [0.1, 0.15) is 64.6 Å². The van der Waals surface area contributed by atoms with Gasteiger partial charge in [-0.2, -0.15) is 5.10 Å². The molecule has 2 aromatic carbocycles. The zero-order valence-corrected chi connectivity index (χ0v) is 17.9. The maximum atomic E-state index is 13.4. The lowest BCUT2D eigenvalue weighted by atomic mass is 10.0. The van der Waals surface area contributed by atoms with E-state index in [-0.39, 0.29) is 11.9 Å². The van der Waals surface area contributed by atoms with Gasteiger partial charge in [-0.05, 0) is 43.9 Å². The van der Waals surface area contributed by atoms with E-state index in [1.807, 2.05) is 73.1 Å². The van der Waals surface area contributed by atoms with E-state index in [0.717, 1.165) is 46.4 Å². The van der Waals surface area contributed by atoms with Crippen LogP contribution in [0.15, 0.2) is 66.7 Å². The Bertz CT molecular complexity index is 1230. The minimum absolute atomic E-state index is 0.0759. The van der Waals surface area contributed by atoms with Crippen molar-refractivity contribution in [3.8, 4) is 0 Å². The summed E-state index contributed by atoms with van der Waals surface area (Å²) >= 11 is 0. The van der Waals surface area contributed by atoms with Gasteiger partial charge in [0.2, 0.25) is 0 Å². The fourth-order valence-corrected chi connectivity index (χ4v) is 4.11. The Morgan fingerprint density at radius 2 is 1.77 bits per heavy atom. The zero-order chi connectivity index (χ0) is 21.4. The van der Waals surface area contributed by atoms with E-state index < -0.39 is 0 Å². The summed E-state index contributed by atoms with van der Waals surface area (Å²) < 4.78 is 1.93. The highest BCUT2D eigenvalue weighted by molar-refractivity contribution is 6.06. The molecule has 2 heterocycles. The van der Waals surface area contributed by atoms with E-state index in [1.165, 1.54) is 0 Å². The first kappa shape index (κ1) is 19.5. The molecule has 1 atom stereocenters. The van der Waals surface area contributed by atoms with Crippen molar-refractivity contribution < 1.29 is 4.79 Å². The van der Waals surface area contributed by atoms with Crippen LogP contribution in [-0.4, -0.2) is 20.7 Å². The van der Waals surface area contributed by atoms with E-state index >= 15 is 0 Å². The van der Waals surface area contributed by atoms with Crippen LogP contribution >= 0.6 is 0 Å². The summed E-state index contributed by atoms with van der Waals surface area (Å²) in [6.45, 7) is 4.60. The van der Waals surface area contributed by atoms with Gasteiger partial charge in [0, 0.05) is 11.6 Å². The van der Waals surface area contributed by atoms with Gasteiger partial charge < -0.3 is 5.32 Å². The smallest absolute Gasteiger partial charge is 0.252 e. The van der Waals surface area contributed by atoms with Crippen LogP contribution in [0.25, 0.3) is 11.0 Å². The van der Waals surface area contributed by atoms with E-state index in [9.17, 15) is 4.79 Å². The number of aromatic nitrogens is 3. The second kappa shape index (κ2) is 7.99. The third kappa shape index (κ3) is 3.96. The van der Waals surface area contributed by atoms with Crippen molar-refractivity contribution in [3.05, 3.63) is 94.8 Å². The number of aryl methyl sites for hydroxylation is 1. The first-order valence-corrected chi connectivity index (χ1v) is 10.9. The Hall–Kier alpha value is -3.47. The van der Waals surface area contributed by atoms with Gasteiger partial charge in [0.05, 0.1) is 29.2 Å². The molecule has 4 aromatic rings. The monoisotopic (exact) mass is 410 g/mol. The second-order valence-corrected chi connectivity index (χ2v) is 8.40. The van der Waals surface area contributed by atoms with Gasteiger partial charge in [-0.1, -0.05) is 60.7 Å². The number of nitrogens with zero attached hydrogens (tertiary/aromatic N) is 3. The first-order valence-electron chi connectivity index (χ1n) is 10.9. The number of nitrogens with one attached hydrogen (secondary N) is 1. The predicted octanol–water partition coefficient (Wildman–Crippen LogP) is 5.16. The van der Waals surface area contributed by atoms with Crippen molar-refractivity contribution in [3.63, 3.8) is 0 Å². The SMILES string of the molecule is Cc1nn(Cc2ccccc2)c2nc(C3CC3)cc(C(=O)NC(C)c3ccccc3)c12. The number of hydrogen-bond donors (Lipinski definition) is 1. The number of carbonyl (C=O) groups excluding carboxylic acids is 1. The maximum absolute atomic E-state index is 13.4. The minimum Gasteiger partial charge on any atom is -0.345 e. The molecule has 1 amide bonds. The van der Waals surface area contributed by atoms with E-state index in [4.69, 9.17) is 10.1 Å². The molecular weight excluding hydrogens is 384 g/mol. The molecule has 1 fully saturated rings. The normalized spacial score (nSPS) is 14.5. The van der Waals surface area contributed by atoms with E-state index in [0.29, 0.717) is 18.0 Å². The highest BCUT2D eigenvalue weighted by atomic mass is 16.1. The van der Waals surface area contributed by atoms with E-state index in [1.54, 1.807) is 0 Å². The fourth-order valence-electron chi connectivity index (χ4n) is 4.11. The highest BCUT2D eigenvalue weighted by Crippen LogP contribution is 2.40.